The zero-order valence-corrected chi connectivity index (χ0v) is 12.1. The van der Waals surface area contributed by atoms with E-state index in [0.717, 1.165) is 17.0 Å². The highest BCUT2D eigenvalue weighted by molar-refractivity contribution is 8.04. The topological polar surface area (TPSA) is 51.0 Å². The van der Waals surface area contributed by atoms with Crippen LogP contribution in [0.1, 0.15) is 11.1 Å². The number of thioether (sulfide) groups is 1. The van der Waals surface area contributed by atoms with E-state index in [0.29, 0.717) is 5.84 Å². The number of fused-ring (bicyclic) bond motifs is 1. The maximum absolute atomic E-state index is 11.8. The van der Waals surface area contributed by atoms with Crippen molar-refractivity contribution < 1.29 is 9.53 Å². The summed E-state index contributed by atoms with van der Waals surface area (Å²) in [5, 5.41) is 1.63. The van der Waals surface area contributed by atoms with Crippen LogP contribution in [0.2, 0.25) is 0 Å². The minimum Gasteiger partial charge on any atom is -0.485 e. The van der Waals surface area contributed by atoms with Crippen LogP contribution in [0.25, 0.3) is 0 Å². The molecule has 0 spiro atoms. The number of allylic oxidation sites excluding steroid dienone is 1. The first-order valence-corrected chi connectivity index (χ1v) is 7.30. The van der Waals surface area contributed by atoms with E-state index in [9.17, 15) is 4.79 Å². The molecule has 0 N–H and O–H groups in total. The molecular weight excluding hydrogens is 272 g/mol. The molecule has 1 aromatic carbocycles. The average Bonchev–Trinajstić information content (AvgIpc) is 2.86. The number of carbonyl (C=O) groups excluding carboxylic acids is 1. The lowest BCUT2D eigenvalue weighted by Crippen LogP contribution is -2.29. The molecule has 1 aromatic rings. The van der Waals surface area contributed by atoms with Crippen LogP contribution in [0.4, 0.5) is 0 Å². The smallest absolute Gasteiger partial charge is 0.267 e. The molecule has 0 saturated carbocycles. The van der Waals surface area contributed by atoms with Gasteiger partial charge in [0.15, 0.2) is 5.84 Å². The van der Waals surface area contributed by atoms with Gasteiger partial charge in [0.2, 0.25) is 0 Å². The molecule has 2 heterocycles. The number of carbonyl (C=O) groups is 1. The summed E-state index contributed by atoms with van der Waals surface area (Å²) in [6.07, 6.45) is 1.86. The summed E-state index contributed by atoms with van der Waals surface area (Å²) in [5.74, 6) is 1.09. The molecule has 0 bridgehead atoms. The lowest BCUT2D eigenvalue weighted by molar-refractivity contribution is -0.116. The van der Waals surface area contributed by atoms with Gasteiger partial charge in [0.05, 0.1) is 5.71 Å². The van der Waals surface area contributed by atoms with Crippen LogP contribution in [0, 0.1) is 13.8 Å². The molecule has 1 amide bonds. The SMILES string of the molecule is Cc1ccc(OCC2=NC(=O)C3SC=CC3=N2)c(C)c1. The van der Waals surface area contributed by atoms with Gasteiger partial charge >= 0.3 is 0 Å². The Labute approximate surface area is 121 Å². The van der Waals surface area contributed by atoms with E-state index in [1.807, 2.05) is 37.5 Å². The normalized spacial score (nSPS) is 20.5. The molecule has 0 aromatic heterocycles. The fourth-order valence-electron chi connectivity index (χ4n) is 2.15. The van der Waals surface area contributed by atoms with Crippen molar-refractivity contribution in [2.24, 2.45) is 9.98 Å². The van der Waals surface area contributed by atoms with E-state index in [2.05, 4.69) is 16.1 Å². The molecule has 4 nitrogen and oxygen atoms in total. The van der Waals surface area contributed by atoms with Gasteiger partial charge in [0, 0.05) is 0 Å². The van der Waals surface area contributed by atoms with Crippen LogP contribution in [-0.2, 0) is 4.79 Å². The molecule has 5 heteroatoms. The Morgan fingerprint density at radius 3 is 2.95 bits per heavy atom. The Bertz CT molecular complexity index is 662. The lowest BCUT2D eigenvalue weighted by atomic mass is 10.1. The molecule has 0 aliphatic carbocycles. The number of amides is 1. The van der Waals surface area contributed by atoms with Crippen molar-refractivity contribution >= 4 is 29.2 Å². The van der Waals surface area contributed by atoms with E-state index >= 15 is 0 Å². The Balaban J connectivity index is 1.72. The molecule has 1 atom stereocenters. The first-order chi connectivity index (χ1) is 9.63. The maximum Gasteiger partial charge on any atom is 0.267 e. The predicted octanol–water partition coefficient (Wildman–Crippen LogP) is 2.69. The van der Waals surface area contributed by atoms with Crippen molar-refractivity contribution in [2.75, 3.05) is 6.61 Å². The van der Waals surface area contributed by atoms with Crippen molar-refractivity contribution in [3.05, 3.63) is 40.8 Å². The summed E-state index contributed by atoms with van der Waals surface area (Å²) in [6, 6.07) is 5.98. The number of nitrogens with zero attached hydrogens (tertiary/aromatic N) is 2. The Morgan fingerprint density at radius 2 is 2.15 bits per heavy atom. The van der Waals surface area contributed by atoms with E-state index in [-0.39, 0.29) is 17.8 Å². The van der Waals surface area contributed by atoms with E-state index in [1.165, 1.54) is 17.3 Å². The zero-order valence-electron chi connectivity index (χ0n) is 11.3. The highest BCUT2D eigenvalue weighted by Gasteiger charge is 2.30. The molecule has 0 saturated heterocycles. The van der Waals surface area contributed by atoms with Gasteiger partial charge in [0.1, 0.15) is 17.6 Å². The maximum atomic E-state index is 11.8. The van der Waals surface area contributed by atoms with Crippen LogP contribution < -0.4 is 4.74 Å². The number of ether oxygens (including phenoxy) is 1. The Kier molecular flexibility index (Phi) is 3.44. The van der Waals surface area contributed by atoms with Gasteiger partial charge in [-0.25, -0.2) is 4.99 Å². The summed E-state index contributed by atoms with van der Waals surface area (Å²) in [6.45, 7) is 4.25. The van der Waals surface area contributed by atoms with Gasteiger partial charge in [-0.05, 0) is 37.0 Å². The highest BCUT2D eigenvalue weighted by atomic mass is 32.2. The third-order valence-corrected chi connectivity index (χ3v) is 4.14. The summed E-state index contributed by atoms with van der Waals surface area (Å²) in [5.41, 5.74) is 3.03. The van der Waals surface area contributed by atoms with Crippen molar-refractivity contribution in [1.82, 2.24) is 0 Å². The van der Waals surface area contributed by atoms with Crippen molar-refractivity contribution in [3.63, 3.8) is 0 Å². The Hall–Kier alpha value is -1.88. The highest BCUT2D eigenvalue weighted by Crippen LogP contribution is 2.26. The van der Waals surface area contributed by atoms with Crippen molar-refractivity contribution in [2.45, 2.75) is 19.1 Å². The van der Waals surface area contributed by atoms with Crippen molar-refractivity contribution in [1.29, 1.82) is 0 Å². The number of amidine groups is 1. The van der Waals surface area contributed by atoms with Gasteiger partial charge in [0.25, 0.3) is 5.91 Å². The largest absolute Gasteiger partial charge is 0.485 e. The van der Waals surface area contributed by atoms with Crippen molar-refractivity contribution in [3.8, 4) is 5.75 Å². The first-order valence-electron chi connectivity index (χ1n) is 6.35. The van der Waals surface area contributed by atoms with Gasteiger partial charge in [-0.1, -0.05) is 17.7 Å². The summed E-state index contributed by atoms with van der Waals surface area (Å²) >= 11 is 1.45. The molecule has 102 valence electrons. The second kappa shape index (κ2) is 5.25. The van der Waals surface area contributed by atoms with E-state index in [1.54, 1.807) is 0 Å². The number of rotatable bonds is 3. The number of hydrogen-bond acceptors (Lipinski definition) is 4. The minimum atomic E-state index is -0.250. The number of aliphatic imine (C=N–C) groups is 2. The molecule has 3 rings (SSSR count). The van der Waals surface area contributed by atoms with Crippen LogP contribution in [0.5, 0.6) is 5.75 Å². The Morgan fingerprint density at radius 1 is 1.30 bits per heavy atom. The fraction of sp³-hybridized carbons (Fsp3) is 0.267. The third kappa shape index (κ3) is 2.54. The predicted molar refractivity (Wildman–Crippen MR) is 81.8 cm³/mol. The number of hydrogen-bond donors (Lipinski definition) is 0. The van der Waals surface area contributed by atoms with E-state index < -0.39 is 0 Å². The van der Waals surface area contributed by atoms with Crippen LogP contribution >= 0.6 is 11.8 Å². The summed E-state index contributed by atoms with van der Waals surface area (Å²) in [7, 11) is 0. The first kappa shape index (κ1) is 13.1. The molecule has 2 aliphatic rings. The summed E-state index contributed by atoms with van der Waals surface area (Å²) in [4.78, 5) is 20.2. The molecule has 20 heavy (non-hydrogen) atoms. The second-order valence-corrected chi connectivity index (χ2v) is 5.80. The number of aryl methyl sites for hydroxylation is 2. The second-order valence-electron chi connectivity index (χ2n) is 4.78. The fourth-order valence-corrected chi connectivity index (χ4v) is 2.97. The minimum absolute atomic E-state index is 0.149. The zero-order chi connectivity index (χ0) is 14.1. The van der Waals surface area contributed by atoms with E-state index in [4.69, 9.17) is 4.74 Å². The van der Waals surface area contributed by atoms with Gasteiger partial charge in [-0.15, -0.1) is 11.8 Å². The van der Waals surface area contributed by atoms with Gasteiger partial charge in [-0.2, -0.15) is 4.99 Å². The standard InChI is InChI=1S/C15H14N2O2S/c1-9-3-4-12(10(2)7-9)19-8-13-16-11-5-6-20-14(11)15(18)17-13/h3-7,14H,8H2,1-2H3. The van der Waals surface area contributed by atoms with Gasteiger partial charge < -0.3 is 4.74 Å². The molecule has 0 fully saturated rings. The van der Waals surface area contributed by atoms with Crippen LogP contribution in [-0.4, -0.2) is 29.3 Å². The van der Waals surface area contributed by atoms with Crippen LogP contribution in [0.3, 0.4) is 0 Å². The molecule has 0 radical (unpaired) electrons. The lowest BCUT2D eigenvalue weighted by Gasteiger charge is -2.14. The molecular formula is C15H14N2O2S. The van der Waals surface area contributed by atoms with Gasteiger partial charge in [-0.3, -0.25) is 4.79 Å². The van der Waals surface area contributed by atoms with Crippen LogP contribution in [0.15, 0.2) is 39.7 Å². The summed E-state index contributed by atoms with van der Waals surface area (Å²) < 4.78 is 5.71. The average molecular weight is 286 g/mol. The molecule has 1 unspecified atom stereocenters. The monoisotopic (exact) mass is 286 g/mol. The quantitative estimate of drug-likeness (QED) is 0.858. The third-order valence-electron chi connectivity index (χ3n) is 3.13. The number of benzene rings is 1. The molecule has 2 aliphatic heterocycles.